The van der Waals surface area contributed by atoms with Gasteiger partial charge in [-0.2, -0.15) is 0 Å². The second kappa shape index (κ2) is 8.69. The molecule has 1 aliphatic rings. The molecule has 6 heteroatoms. The highest BCUT2D eigenvalue weighted by atomic mass is 16.5. The fourth-order valence-electron chi connectivity index (χ4n) is 3.40. The second-order valence-electron chi connectivity index (χ2n) is 6.93. The molecule has 1 N–H and O–H groups in total. The van der Waals surface area contributed by atoms with E-state index < -0.39 is 0 Å². The Morgan fingerprint density at radius 3 is 2.57 bits per heavy atom. The van der Waals surface area contributed by atoms with Gasteiger partial charge in [-0.1, -0.05) is 42.5 Å². The lowest BCUT2D eigenvalue weighted by molar-refractivity contribution is -0.121. The standard InChI is InChI=1S/C24H22N2O4/c1-29-21-8-4-2-6-19(21)14-25-24(28)18-12-10-17(11-13-18)15-26-20-7-3-5-9-22(20)30-16-23(26)27/h2-13H,14-16H2,1H3,(H,25,28). The zero-order valence-corrected chi connectivity index (χ0v) is 16.6. The fourth-order valence-corrected chi connectivity index (χ4v) is 3.40. The zero-order chi connectivity index (χ0) is 20.9. The summed E-state index contributed by atoms with van der Waals surface area (Å²) in [5, 5.41) is 2.91. The molecule has 6 nitrogen and oxygen atoms in total. The van der Waals surface area contributed by atoms with Crippen LogP contribution in [0.25, 0.3) is 0 Å². The Balaban J connectivity index is 1.42. The molecular weight excluding hydrogens is 380 g/mol. The number of amides is 2. The van der Waals surface area contributed by atoms with E-state index in [9.17, 15) is 9.59 Å². The topological polar surface area (TPSA) is 67.9 Å². The summed E-state index contributed by atoms with van der Waals surface area (Å²) >= 11 is 0. The molecule has 3 aromatic rings. The fraction of sp³-hybridized carbons (Fsp3) is 0.167. The zero-order valence-electron chi connectivity index (χ0n) is 16.6. The van der Waals surface area contributed by atoms with E-state index in [0.717, 1.165) is 22.6 Å². The minimum absolute atomic E-state index is 0.0282. The van der Waals surface area contributed by atoms with E-state index in [1.165, 1.54) is 0 Å². The number of carbonyl (C=O) groups excluding carboxylic acids is 2. The number of benzene rings is 3. The number of methoxy groups -OCH3 is 1. The van der Waals surface area contributed by atoms with Crippen LogP contribution in [0.1, 0.15) is 21.5 Å². The third-order valence-electron chi connectivity index (χ3n) is 5.00. The Kier molecular flexibility index (Phi) is 5.66. The lowest BCUT2D eigenvalue weighted by Gasteiger charge is -2.29. The van der Waals surface area contributed by atoms with Crippen LogP contribution in [0.3, 0.4) is 0 Å². The molecule has 0 radical (unpaired) electrons. The highest BCUT2D eigenvalue weighted by molar-refractivity contribution is 5.98. The van der Waals surface area contributed by atoms with E-state index in [1.807, 2.05) is 60.7 Å². The summed E-state index contributed by atoms with van der Waals surface area (Å²) in [7, 11) is 1.61. The van der Waals surface area contributed by atoms with Crippen molar-refractivity contribution in [3.8, 4) is 11.5 Å². The van der Waals surface area contributed by atoms with Crippen molar-refractivity contribution >= 4 is 17.5 Å². The number of ether oxygens (including phenoxy) is 2. The van der Waals surface area contributed by atoms with Gasteiger partial charge in [0.1, 0.15) is 11.5 Å². The van der Waals surface area contributed by atoms with Crippen LogP contribution in [0.2, 0.25) is 0 Å². The van der Waals surface area contributed by atoms with Gasteiger partial charge in [-0.25, -0.2) is 0 Å². The number of hydrogen-bond donors (Lipinski definition) is 1. The van der Waals surface area contributed by atoms with Crippen LogP contribution in [0, 0.1) is 0 Å². The number of nitrogens with zero attached hydrogens (tertiary/aromatic N) is 1. The van der Waals surface area contributed by atoms with E-state index in [0.29, 0.717) is 24.4 Å². The first-order valence-corrected chi connectivity index (χ1v) is 9.67. The molecule has 0 unspecified atom stereocenters. The van der Waals surface area contributed by atoms with Crippen LogP contribution in [-0.2, 0) is 17.9 Å². The molecule has 2 amide bonds. The van der Waals surface area contributed by atoms with Gasteiger partial charge in [-0.05, 0) is 35.9 Å². The molecule has 0 spiro atoms. The van der Waals surface area contributed by atoms with E-state index in [1.54, 1.807) is 24.1 Å². The van der Waals surface area contributed by atoms with Crippen molar-refractivity contribution in [2.75, 3.05) is 18.6 Å². The third-order valence-corrected chi connectivity index (χ3v) is 5.00. The molecule has 0 atom stereocenters. The first-order valence-electron chi connectivity index (χ1n) is 9.67. The monoisotopic (exact) mass is 402 g/mol. The molecule has 0 aliphatic carbocycles. The van der Waals surface area contributed by atoms with Gasteiger partial charge in [0, 0.05) is 17.7 Å². The van der Waals surface area contributed by atoms with Crippen LogP contribution in [0.5, 0.6) is 11.5 Å². The number of para-hydroxylation sites is 3. The normalized spacial score (nSPS) is 12.7. The molecule has 30 heavy (non-hydrogen) atoms. The largest absolute Gasteiger partial charge is 0.496 e. The van der Waals surface area contributed by atoms with Crippen molar-refractivity contribution in [1.82, 2.24) is 5.32 Å². The van der Waals surface area contributed by atoms with Gasteiger partial charge in [0.05, 0.1) is 19.3 Å². The Morgan fingerprint density at radius 1 is 1.03 bits per heavy atom. The van der Waals surface area contributed by atoms with Gasteiger partial charge in [-0.15, -0.1) is 0 Å². The summed E-state index contributed by atoms with van der Waals surface area (Å²) < 4.78 is 10.8. The SMILES string of the molecule is COc1ccccc1CNC(=O)c1ccc(CN2C(=O)COc3ccccc32)cc1. The summed E-state index contributed by atoms with van der Waals surface area (Å²) in [4.78, 5) is 26.5. The van der Waals surface area contributed by atoms with Crippen molar-refractivity contribution in [2.24, 2.45) is 0 Å². The summed E-state index contributed by atoms with van der Waals surface area (Å²) in [6.07, 6.45) is 0. The molecular formula is C24H22N2O4. The molecule has 0 saturated heterocycles. The Morgan fingerprint density at radius 2 is 1.77 bits per heavy atom. The Bertz CT molecular complexity index is 1060. The van der Waals surface area contributed by atoms with E-state index >= 15 is 0 Å². The van der Waals surface area contributed by atoms with Crippen molar-refractivity contribution in [3.05, 3.63) is 89.5 Å². The van der Waals surface area contributed by atoms with Crippen LogP contribution in [-0.4, -0.2) is 25.5 Å². The van der Waals surface area contributed by atoms with Crippen LogP contribution in [0.15, 0.2) is 72.8 Å². The minimum Gasteiger partial charge on any atom is -0.496 e. The number of anilines is 1. The maximum Gasteiger partial charge on any atom is 0.265 e. The molecule has 152 valence electrons. The van der Waals surface area contributed by atoms with Gasteiger partial charge < -0.3 is 19.7 Å². The van der Waals surface area contributed by atoms with Gasteiger partial charge >= 0.3 is 0 Å². The maximum atomic E-state index is 12.5. The molecule has 0 aromatic heterocycles. The summed E-state index contributed by atoms with van der Waals surface area (Å²) in [6, 6.07) is 22.3. The van der Waals surface area contributed by atoms with Crippen molar-refractivity contribution in [2.45, 2.75) is 13.1 Å². The maximum absolute atomic E-state index is 12.5. The number of carbonyl (C=O) groups is 2. The minimum atomic E-state index is -0.166. The summed E-state index contributed by atoms with van der Waals surface area (Å²) in [6.45, 7) is 0.826. The van der Waals surface area contributed by atoms with Crippen molar-refractivity contribution in [1.29, 1.82) is 0 Å². The third kappa shape index (κ3) is 4.12. The average molecular weight is 402 g/mol. The molecule has 0 saturated carbocycles. The average Bonchev–Trinajstić information content (AvgIpc) is 2.80. The lowest BCUT2D eigenvalue weighted by atomic mass is 10.1. The second-order valence-corrected chi connectivity index (χ2v) is 6.93. The Hall–Kier alpha value is -3.80. The number of nitrogens with one attached hydrogen (secondary N) is 1. The predicted molar refractivity (Wildman–Crippen MR) is 114 cm³/mol. The first-order chi connectivity index (χ1) is 14.7. The molecule has 0 fully saturated rings. The van der Waals surface area contributed by atoms with Gasteiger partial charge in [0.2, 0.25) is 0 Å². The van der Waals surface area contributed by atoms with Gasteiger partial charge in [0.15, 0.2) is 6.61 Å². The van der Waals surface area contributed by atoms with Crippen LogP contribution < -0.4 is 19.7 Å². The smallest absolute Gasteiger partial charge is 0.265 e. The van der Waals surface area contributed by atoms with Gasteiger partial charge in [0.25, 0.3) is 11.8 Å². The van der Waals surface area contributed by atoms with Crippen molar-refractivity contribution < 1.29 is 19.1 Å². The Labute approximate surface area is 175 Å². The molecule has 1 aliphatic heterocycles. The highest BCUT2D eigenvalue weighted by Crippen LogP contribution is 2.32. The van der Waals surface area contributed by atoms with Crippen LogP contribution >= 0.6 is 0 Å². The molecule has 0 bridgehead atoms. The summed E-state index contributed by atoms with van der Waals surface area (Å²) in [5.74, 6) is 1.18. The van der Waals surface area contributed by atoms with Gasteiger partial charge in [-0.3, -0.25) is 9.59 Å². The summed E-state index contributed by atoms with van der Waals surface area (Å²) in [5.41, 5.74) is 3.16. The van der Waals surface area contributed by atoms with Crippen LogP contribution in [0.4, 0.5) is 5.69 Å². The van der Waals surface area contributed by atoms with Crippen molar-refractivity contribution in [3.63, 3.8) is 0 Å². The number of rotatable bonds is 6. The first kappa shape index (κ1) is 19.5. The van der Waals surface area contributed by atoms with E-state index in [4.69, 9.17) is 9.47 Å². The lowest BCUT2D eigenvalue weighted by Crippen LogP contribution is -2.38. The van der Waals surface area contributed by atoms with E-state index in [2.05, 4.69) is 5.32 Å². The molecule has 4 rings (SSSR count). The quantitative estimate of drug-likeness (QED) is 0.685. The number of hydrogen-bond acceptors (Lipinski definition) is 4. The van der Waals surface area contributed by atoms with E-state index in [-0.39, 0.29) is 18.4 Å². The molecule has 1 heterocycles. The predicted octanol–water partition coefficient (Wildman–Crippen LogP) is 3.55. The molecule has 3 aromatic carbocycles. The highest BCUT2D eigenvalue weighted by Gasteiger charge is 2.25. The number of fused-ring (bicyclic) bond motifs is 1.